The van der Waals surface area contributed by atoms with E-state index in [1.807, 2.05) is 26.0 Å². The van der Waals surface area contributed by atoms with Crippen LogP contribution in [0, 0.1) is 56.8 Å². The number of nitrogens with zero attached hydrogens (tertiary/aromatic N) is 1. The van der Waals surface area contributed by atoms with Crippen LogP contribution >= 0.6 is 0 Å². The van der Waals surface area contributed by atoms with Crippen molar-refractivity contribution < 1.29 is 9.59 Å². The van der Waals surface area contributed by atoms with Gasteiger partial charge >= 0.3 is 0 Å². The highest BCUT2D eigenvalue weighted by molar-refractivity contribution is 6.03. The van der Waals surface area contributed by atoms with Crippen molar-refractivity contribution in [2.24, 2.45) is 50.2 Å². The summed E-state index contributed by atoms with van der Waals surface area (Å²) < 4.78 is 0. The van der Waals surface area contributed by atoms with Gasteiger partial charge in [0.05, 0.1) is 6.57 Å². The molecular weight excluding hydrogens is 418 g/mol. The number of Topliss-reactive ketones (excluding diaryl/α,β-unsaturated/α-hetero) is 1. The number of allylic oxidation sites excluding steroid dienone is 4. The summed E-state index contributed by atoms with van der Waals surface area (Å²) in [5.74, 6) is 0.910. The zero-order valence-corrected chi connectivity index (χ0v) is 22.6. The average Bonchev–Trinajstić information content (AvgIpc) is 2.74. The van der Waals surface area contributed by atoms with Gasteiger partial charge in [0, 0.05) is 16.7 Å². The van der Waals surface area contributed by atoms with Crippen LogP contribution in [0.5, 0.6) is 0 Å². The fraction of sp³-hybridized carbons (Fsp3) is 0.774. The van der Waals surface area contributed by atoms with Crippen molar-refractivity contribution in [3.05, 3.63) is 34.8 Å². The first-order valence-corrected chi connectivity index (χ1v) is 13.5. The minimum atomic E-state index is -0.592. The summed E-state index contributed by atoms with van der Waals surface area (Å²) in [4.78, 5) is 31.0. The number of fused-ring (bicyclic) bond motifs is 7. The molecule has 3 nitrogen and oxygen atoms in total. The molecule has 0 heterocycles. The second-order valence-electron chi connectivity index (χ2n) is 14.9. The van der Waals surface area contributed by atoms with E-state index in [1.54, 1.807) is 0 Å². The molecule has 5 aliphatic rings. The third kappa shape index (κ3) is 2.75. The van der Waals surface area contributed by atoms with Crippen LogP contribution in [-0.2, 0) is 9.59 Å². The highest BCUT2D eigenvalue weighted by Gasteiger charge is 2.69. The molecule has 34 heavy (non-hydrogen) atoms. The Labute approximate surface area is 206 Å². The summed E-state index contributed by atoms with van der Waals surface area (Å²) in [6.45, 7) is 26.0. The van der Waals surface area contributed by atoms with E-state index in [1.165, 1.54) is 24.8 Å². The van der Waals surface area contributed by atoms with Crippen molar-refractivity contribution in [2.45, 2.75) is 100 Å². The lowest BCUT2D eigenvalue weighted by molar-refractivity contribution is -0.168. The van der Waals surface area contributed by atoms with E-state index in [9.17, 15) is 9.59 Å². The maximum Gasteiger partial charge on any atom is 0.226 e. The number of carbonyl (C=O) groups excluding carboxylic acids is 2. The van der Waals surface area contributed by atoms with Crippen molar-refractivity contribution in [3.8, 4) is 0 Å². The Morgan fingerprint density at radius 1 is 0.912 bits per heavy atom. The molecule has 7 atom stereocenters. The van der Waals surface area contributed by atoms with Crippen molar-refractivity contribution in [3.63, 3.8) is 0 Å². The van der Waals surface area contributed by atoms with Gasteiger partial charge in [0.25, 0.3) is 0 Å². The molecular formula is C31H43NO2. The van der Waals surface area contributed by atoms with Gasteiger partial charge in [-0.25, -0.2) is 4.85 Å². The van der Waals surface area contributed by atoms with E-state index in [2.05, 4.69) is 46.4 Å². The molecule has 0 N–H and O–H groups in total. The third-order valence-corrected chi connectivity index (χ3v) is 12.3. The van der Waals surface area contributed by atoms with Crippen molar-refractivity contribution in [1.82, 2.24) is 0 Å². The summed E-state index contributed by atoms with van der Waals surface area (Å²) in [6, 6.07) is 0. The van der Waals surface area contributed by atoms with Gasteiger partial charge in [0.2, 0.25) is 5.70 Å². The van der Waals surface area contributed by atoms with E-state index in [-0.39, 0.29) is 45.0 Å². The Hall–Kier alpha value is -1.69. The second-order valence-corrected chi connectivity index (χ2v) is 14.9. The molecule has 3 saturated carbocycles. The summed E-state index contributed by atoms with van der Waals surface area (Å²) in [7, 11) is 0. The predicted molar refractivity (Wildman–Crippen MR) is 136 cm³/mol. The quantitative estimate of drug-likeness (QED) is 0.349. The lowest BCUT2D eigenvalue weighted by Crippen LogP contribution is -2.64. The molecule has 0 spiro atoms. The topological polar surface area (TPSA) is 38.5 Å². The normalized spacial score (nSPS) is 48.9. The largest absolute Gasteiger partial charge is 0.307 e. The van der Waals surface area contributed by atoms with Crippen molar-refractivity contribution in [2.75, 3.05) is 0 Å². The van der Waals surface area contributed by atoms with Gasteiger partial charge in [-0.15, -0.1) is 0 Å². The summed E-state index contributed by atoms with van der Waals surface area (Å²) in [5.41, 5.74) is 0.814. The zero-order valence-electron chi connectivity index (χ0n) is 22.6. The molecule has 0 radical (unpaired) electrons. The van der Waals surface area contributed by atoms with Gasteiger partial charge in [-0.1, -0.05) is 67.0 Å². The van der Waals surface area contributed by atoms with E-state index >= 15 is 0 Å². The molecule has 0 aromatic carbocycles. The maximum absolute atomic E-state index is 14.2. The van der Waals surface area contributed by atoms with E-state index < -0.39 is 10.8 Å². The molecule has 3 heteroatoms. The number of rotatable bonds is 0. The first-order chi connectivity index (χ1) is 15.6. The van der Waals surface area contributed by atoms with Gasteiger partial charge in [-0.2, -0.15) is 0 Å². The molecule has 0 aromatic rings. The number of hydrogen-bond acceptors (Lipinski definition) is 2. The molecule has 184 valence electrons. The molecule has 0 aromatic heterocycles. The van der Waals surface area contributed by atoms with Crippen LogP contribution in [0.2, 0.25) is 0 Å². The van der Waals surface area contributed by atoms with Crippen LogP contribution in [0.15, 0.2) is 23.4 Å². The van der Waals surface area contributed by atoms with Gasteiger partial charge in [-0.05, 0) is 84.5 Å². The maximum atomic E-state index is 14.2. The fourth-order valence-electron chi connectivity index (χ4n) is 9.86. The lowest BCUT2D eigenvalue weighted by atomic mass is 9.34. The molecule has 5 rings (SSSR count). The number of hydrogen-bond donors (Lipinski definition) is 0. The molecule has 5 aliphatic carbocycles. The molecule has 0 amide bonds. The fourth-order valence-corrected chi connectivity index (χ4v) is 9.86. The monoisotopic (exact) mass is 461 g/mol. The highest BCUT2D eigenvalue weighted by Crippen LogP contribution is 2.74. The summed E-state index contributed by atoms with van der Waals surface area (Å²) in [5, 5.41) is 0. The molecule has 1 unspecified atom stereocenters. The van der Waals surface area contributed by atoms with Gasteiger partial charge in [0.15, 0.2) is 11.6 Å². The van der Waals surface area contributed by atoms with Crippen LogP contribution in [0.3, 0.4) is 0 Å². The smallest absolute Gasteiger partial charge is 0.226 e. The summed E-state index contributed by atoms with van der Waals surface area (Å²) in [6.07, 6.45) is 11.9. The molecule has 3 fully saturated rings. The van der Waals surface area contributed by atoms with Crippen LogP contribution in [-0.4, -0.2) is 11.6 Å². The Morgan fingerprint density at radius 2 is 1.56 bits per heavy atom. The van der Waals surface area contributed by atoms with Crippen LogP contribution in [0.1, 0.15) is 100 Å². The number of carbonyl (C=O) groups is 2. The van der Waals surface area contributed by atoms with Crippen LogP contribution in [0.4, 0.5) is 0 Å². The van der Waals surface area contributed by atoms with Crippen LogP contribution < -0.4 is 0 Å². The molecule has 0 bridgehead atoms. The molecule has 0 aliphatic heterocycles. The molecule has 0 saturated heterocycles. The Bertz CT molecular complexity index is 1090. The van der Waals surface area contributed by atoms with Crippen LogP contribution in [0.25, 0.3) is 4.85 Å². The third-order valence-electron chi connectivity index (χ3n) is 12.3. The Balaban J connectivity index is 1.69. The van der Waals surface area contributed by atoms with Gasteiger partial charge in [-0.3, -0.25) is 4.79 Å². The standard InChI is InChI=1S/C31H43NO2/c1-26(2)12-13-28(5)14-15-31(8)24(19(28)17-26)21(33)16-23-29(6)18-20(32-9)25(34)27(3,4)22(29)10-11-30(23,31)7/h16,18-19,22,24H,10-15,17H2,1-8H3/t19-,22-,24-,28?,29-,30+,31+/m0/s1. The minimum absolute atomic E-state index is 0.0294. The summed E-state index contributed by atoms with van der Waals surface area (Å²) >= 11 is 0. The van der Waals surface area contributed by atoms with Crippen molar-refractivity contribution >= 4 is 11.6 Å². The van der Waals surface area contributed by atoms with E-state index in [4.69, 9.17) is 6.57 Å². The highest BCUT2D eigenvalue weighted by atomic mass is 16.1. The SMILES string of the molecule is [C-]#[N+]C1=C[C@]2(C)C3=CC(=O)[C@@H]4[C@@H]5CC(C)(C)CCC5(C)CC[C@@]4(C)[C@]3(C)CC[C@H]2C(C)(C)C1=O. The van der Waals surface area contributed by atoms with Crippen molar-refractivity contribution in [1.29, 1.82) is 0 Å². The lowest BCUT2D eigenvalue weighted by Gasteiger charge is -2.69. The number of ketones is 2. The second kappa shape index (κ2) is 6.74. The Morgan fingerprint density at radius 3 is 2.21 bits per heavy atom. The first kappa shape index (κ1) is 24.0. The predicted octanol–water partition coefficient (Wildman–Crippen LogP) is 7.58. The van der Waals surface area contributed by atoms with Gasteiger partial charge in [0.1, 0.15) is 0 Å². The minimum Gasteiger partial charge on any atom is -0.307 e. The first-order valence-electron chi connectivity index (χ1n) is 13.5. The van der Waals surface area contributed by atoms with E-state index in [0.717, 1.165) is 25.7 Å². The van der Waals surface area contributed by atoms with E-state index in [0.29, 0.717) is 11.7 Å². The zero-order chi connectivity index (χ0) is 25.1. The average molecular weight is 462 g/mol. The Kier molecular flexibility index (Phi) is 4.77. The van der Waals surface area contributed by atoms with Gasteiger partial charge < -0.3 is 4.79 Å².